The number of piperazine rings is 1. The number of hydrogen-bond acceptors (Lipinski definition) is 6. The summed E-state index contributed by atoms with van der Waals surface area (Å²) in [6, 6.07) is 14.4. The van der Waals surface area contributed by atoms with Crippen molar-refractivity contribution in [1.29, 1.82) is 0 Å². The van der Waals surface area contributed by atoms with Gasteiger partial charge in [0.15, 0.2) is 0 Å². The van der Waals surface area contributed by atoms with Crippen LogP contribution in [-0.2, 0) is 26.0 Å². The van der Waals surface area contributed by atoms with Crippen LogP contribution in [-0.4, -0.2) is 94.7 Å². The summed E-state index contributed by atoms with van der Waals surface area (Å²) in [6.07, 6.45) is 5.37. The second kappa shape index (κ2) is 13.9. The van der Waals surface area contributed by atoms with Gasteiger partial charge in [0.2, 0.25) is 21.8 Å². The van der Waals surface area contributed by atoms with Crippen LogP contribution in [0.4, 0.5) is 11.4 Å². The second-order valence-electron chi connectivity index (χ2n) is 12.1. The molecule has 2 saturated heterocycles. The molecule has 2 heterocycles. The molecule has 1 N–H and O–H groups in total. The third-order valence-corrected chi connectivity index (χ3v) is 10.4. The topological polar surface area (TPSA) is 93.3 Å². The van der Waals surface area contributed by atoms with Gasteiger partial charge in [-0.2, -0.15) is 0 Å². The van der Waals surface area contributed by atoms with Crippen LogP contribution in [0.25, 0.3) is 0 Å². The summed E-state index contributed by atoms with van der Waals surface area (Å²) >= 11 is 6.10. The predicted octanol–water partition coefficient (Wildman–Crippen LogP) is 3.62. The Bertz CT molecular complexity index is 1370. The Morgan fingerprint density at radius 2 is 1.60 bits per heavy atom. The highest BCUT2D eigenvalue weighted by molar-refractivity contribution is 7.92. The first-order valence-electron chi connectivity index (χ1n) is 15.5. The van der Waals surface area contributed by atoms with Crippen molar-refractivity contribution in [2.24, 2.45) is 11.8 Å². The van der Waals surface area contributed by atoms with Crippen molar-refractivity contribution in [3.8, 4) is 0 Å². The van der Waals surface area contributed by atoms with E-state index in [2.05, 4.69) is 22.0 Å². The Morgan fingerprint density at radius 3 is 2.21 bits per heavy atom. The highest BCUT2D eigenvalue weighted by atomic mass is 35.5. The van der Waals surface area contributed by atoms with E-state index in [4.69, 9.17) is 11.6 Å². The Balaban J connectivity index is 1.27. The molecule has 2 amide bonds. The Labute approximate surface area is 261 Å². The van der Waals surface area contributed by atoms with Gasteiger partial charge < -0.3 is 20.0 Å². The summed E-state index contributed by atoms with van der Waals surface area (Å²) in [5.41, 5.74) is 2.50. The first-order chi connectivity index (χ1) is 20.6. The molecule has 234 valence electrons. The van der Waals surface area contributed by atoms with Crippen LogP contribution >= 0.6 is 11.6 Å². The van der Waals surface area contributed by atoms with Crippen molar-refractivity contribution in [2.75, 3.05) is 67.8 Å². The summed E-state index contributed by atoms with van der Waals surface area (Å²) in [6.45, 7) is 7.51. The van der Waals surface area contributed by atoms with Crippen molar-refractivity contribution >= 4 is 44.8 Å². The van der Waals surface area contributed by atoms with Gasteiger partial charge in [-0.1, -0.05) is 42.8 Å². The quantitative estimate of drug-likeness (QED) is 0.408. The lowest BCUT2D eigenvalue weighted by Crippen LogP contribution is -2.56. The first-order valence-corrected chi connectivity index (χ1v) is 17.7. The third-order valence-electron chi connectivity index (χ3n) is 8.98. The lowest BCUT2D eigenvalue weighted by molar-refractivity contribution is -0.138. The van der Waals surface area contributed by atoms with Gasteiger partial charge in [0.25, 0.3) is 0 Å². The fourth-order valence-electron chi connectivity index (χ4n) is 6.14. The van der Waals surface area contributed by atoms with E-state index in [0.717, 1.165) is 56.6 Å². The molecule has 5 rings (SSSR count). The molecule has 9 nitrogen and oxygen atoms in total. The average molecular weight is 630 g/mol. The molecular formula is C32H44ClN5O4S. The standard InChI is InChI=1S/C32H44ClN5O4S/c1-3-35-16-14-26(15-17-35)31(39)34-28(22-24-10-12-27(33)13-11-24)32(40)37-20-18-36(19-21-37)29-6-4-5-7-30(29)38(43(2,41)42)23-25-8-9-25/h4-7,10-13,25-26,28H,3,8-9,14-23H2,1-2H3,(H,34,39)/t28-/m1/s1. The molecular weight excluding hydrogens is 586 g/mol. The zero-order chi connectivity index (χ0) is 30.6. The second-order valence-corrected chi connectivity index (χ2v) is 14.5. The monoisotopic (exact) mass is 629 g/mol. The molecule has 0 radical (unpaired) electrons. The Hall–Kier alpha value is -2.82. The molecule has 11 heteroatoms. The number of carbonyl (C=O) groups excluding carboxylic acids is 2. The number of amides is 2. The number of nitrogens with one attached hydrogen (secondary N) is 1. The zero-order valence-electron chi connectivity index (χ0n) is 25.3. The van der Waals surface area contributed by atoms with Gasteiger partial charge >= 0.3 is 0 Å². The molecule has 2 aliphatic heterocycles. The minimum absolute atomic E-state index is 0.0489. The van der Waals surface area contributed by atoms with Crippen LogP contribution in [0, 0.1) is 11.8 Å². The van der Waals surface area contributed by atoms with E-state index in [0.29, 0.717) is 55.8 Å². The lowest BCUT2D eigenvalue weighted by Gasteiger charge is -2.39. The van der Waals surface area contributed by atoms with Gasteiger partial charge in [-0.15, -0.1) is 0 Å². The smallest absolute Gasteiger partial charge is 0.245 e. The molecule has 0 spiro atoms. The van der Waals surface area contributed by atoms with Crippen LogP contribution in [0.15, 0.2) is 48.5 Å². The molecule has 1 aliphatic carbocycles. The summed E-state index contributed by atoms with van der Waals surface area (Å²) in [4.78, 5) is 33.6. The van der Waals surface area contributed by atoms with E-state index in [1.54, 1.807) is 16.4 Å². The maximum atomic E-state index is 13.9. The Morgan fingerprint density at radius 1 is 0.953 bits per heavy atom. The van der Waals surface area contributed by atoms with Crippen molar-refractivity contribution in [3.05, 3.63) is 59.1 Å². The maximum Gasteiger partial charge on any atom is 0.245 e. The average Bonchev–Trinajstić information content (AvgIpc) is 3.84. The van der Waals surface area contributed by atoms with Crippen LogP contribution in [0.2, 0.25) is 5.02 Å². The number of sulfonamides is 1. The van der Waals surface area contributed by atoms with Crippen LogP contribution in [0.3, 0.4) is 0 Å². The van der Waals surface area contributed by atoms with Crippen molar-refractivity contribution < 1.29 is 18.0 Å². The van der Waals surface area contributed by atoms with E-state index < -0.39 is 16.1 Å². The minimum Gasteiger partial charge on any atom is -0.366 e. The summed E-state index contributed by atoms with van der Waals surface area (Å²) in [5, 5.41) is 3.74. The van der Waals surface area contributed by atoms with E-state index in [1.165, 1.54) is 6.26 Å². The molecule has 0 aromatic heterocycles. The summed E-state index contributed by atoms with van der Waals surface area (Å²) in [7, 11) is -3.44. The van der Waals surface area contributed by atoms with E-state index in [-0.39, 0.29) is 17.7 Å². The number of rotatable bonds is 11. The van der Waals surface area contributed by atoms with Crippen LogP contribution < -0.4 is 14.5 Å². The molecule has 1 atom stereocenters. The molecule has 0 bridgehead atoms. The van der Waals surface area contributed by atoms with Gasteiger partial charge in [-0.05, 0) is 81.1 Å². The van der Waals surface area contributed by atoms with E-state index >= 15 is 0 Å². The SMILES string of the molecule is CCN1CCC(C(=O)N[C@H](Cc2ccc(Cl)cc2)C(=O)N2CCN(c3ccccc3N(CC3CC3)S(C)(=O)=O)CC2)CC1. The highest BCUT2D eigenvalue weighted by Gasteiger charge is 2.34. The molecule has 2 aromatic rings. The molecule has 1 saturated carbocycles. The van der Waals surface area contributed by atoms with Gasteiger partial charge in [0.05, 0.1) is 17.6 Å². The Kier molecular flexibility index (Phi) is 10.2. The normalized spacial score (nSPS) is 19.2. The molecule has 2 aromatic carbocycles. The largest absolute Gasteiger partial charge is 0.366 e. The molecule has 3 fully saturated rings. The molecule has 43 heavy (non-hydrogen) atoms. The molecule has 0 unspecified atom stereocenters. The fourth-order valence-corrected chi connectivity index (χ4v) is 7.25. The number of anilines is 2. The lowest BCUT2D eigenvalue weighted by atomic mass is 9.95. The van der Waals surface area contributed by atoms with E-state index in [1.807, 2.05) is 41.3 Å². The number of halogens is 1. The van der Waals surface area contributed by atoms with Gasteiger partial charge in [-0.25, -0.2) is 8.42 Å². The zero-order valence-corrected chi connectivity index (χ0v) is 26.8. The number of para-hydroxylation sites is 2. The van der Waals surface area contributed by atoms with Gasteiger partial charge in [-0.3, -0.25) is 13.9 Å². The fraction of sp³-hybridized carbons (Fsp3) is 0.562. The van der Waals surface area contributed by atoms with Gasteiger partial charge in [0.1, 0.15) is 6.04 Å². The van der Waals surface area contributed by atoms with Crippen LogP contribution in [0.5, 0.6) is 0 Å². The number of hydrogen-bond donors (Lipinski definition) is 1. The van der Waals surface area contributed by atoms with Crippen LogP contribution in [0.1, 0.15) is 38.2 Å². The maximum absolute atomic E-state index is 13.9. The number of benzene rings is 2. The number of likely N-dealkylation sites (tertiary alicyclic amines) is 1. The first kappa shape index (κ1) is 31.6. The van der Waals surface area contributed by atoms with Gasteiger partial charge in [0, 0.05) is 50.1 Å². The van der Waals surface area contributed by atoms with E-state index in [9.17, 15) is 18.0 Å². The van der Waals surface area contributed by atoms with Crippen molar-refractivity contribution in [3.63, 3.8) is 0 Å². The summed E-state index contributed by atoms with van der Waals surface area (Å²) < 4.78 is 27.1. The van der Waals surface area contributed by atoms with Crippen molar-refractivity contribution in [1.82, 2.24) is 15.1 Å². The van der Waals surface area contributed by atoms with Crippen molar-refractivity contribution in [2.45, 2.75) is 45.1 Å². The number of piperidine rings is 1. The molecule has 3 aliphatic rings. The predicted molar refractivity (Wildman–Crippen MR) is 172 cm³/mol. The highest BCUT2D eigenvalue weighted by Crippen LogP contribution is 2.37. The number of nitrogens with zero attached hydrogens (tertiary/aromatic N) is 4. The number of carbonyl (C=O) groups is 2. The minimum atomic E-state index is -3.44. The summed E-state index contributed by atoms with van der Waals surface area (Å²) in [5.74, 6) is 0.176. The third kappa shape index (κ3) is 8.22.